The van der Waals surface area contributed by atoms with E-state index in [1.807, 2.05) is 0 Å². The predicted octanol–water partition coefficient (Wildman–Crippen LogP) is 15.9. The number of anilines is 4. The molecule has 0 N–H and O–H groups in total. The molecule has 0 heterocycles. The molecule has 0 saturated carbocycles. The summed E-state index contributed by atoms with van der Waals surface area (Å²) < 4.78 is 0. The van der Waals surface area contributed by atoms with Crippen molar-refractivity contribution in [3.8, 4) is 11.1 Å². The highest BCUT2D eigenvalue weighted by atomic mass is 15.2. The molecule has 0 radical (unpaired) electrons. The Morgan fingerprint density at radius 2 is 0.766 bits per heavy atom. The van der Waals surface area contributed by atoms with Crippen LogP contribution in [0, 0.1) is 0 Å². The van der Waals surface area contributed by atoms with Crippen LogP contribution in [0.25, 0.3) is 35.4 Å². The molecule has 2 heteroatoms. The van der Waals surface area contributed by atoms with Gasteiger partial charge in [-0.1, -0.05) is 191 Å². The number of nitrogens with zero attached hydrogens (tertiary/aromatic N) is 2. The summed E-state index contributed by atoms with van der Waals surface area (Å²) in [5, 5.41) is 0. The summed E-state index contributed by atoms with van der Waals surface area (Å²) in [4.78, 5) is 5.20. The number of benzene rings is 8. The van der Waals surface area contributed by atoms with Crippen LogP contribution in [0.15, 0.2) is 194 Å². The molecule has 2 unspecified atom stereocenters. The predicted molar refractivity (Wildman–Crippen MR) is 272 cm³/mol. The van der Waals surface area contributed by atoms with E-state index >= 15 is 0 Å². The lowest BCUT2D eigenvalue weighted by Crippen LogP contribution is -2.51. The van der Waals surface area contributed by atoms with Gasteiger partial charge >= 0.3 is 0 Å². The third-order valence-corrected chi connectivity index (χ3v) is 14.6. The Kier molecular flexibility index (Phi) is 9.65. The van der Waals surface area contributed by atoms with Crippen molar-refractivity contribution in [3.63, 3.8) is 0 Å². The highest BCUT2D eigenvalue weighted by Gasteiger charge is 2.51. The van der Waals surface area contributed by atoms with E-state index in [9.17, 15) is 0 Å². The molecule has 3 aliphatic carbocycles. The van der Waals surface area contributed by atoms with E-state index in [-0.39, 0.29) is 16.5 Å². The van der Waals surface area contributed by atoms with Crippen LogP contribution in [0.2, 0.25) is 0 Å². The highest BCUT2D eigenvalue weighted by Crippen LogP contribution is 2.59. The van der Waals surface area contributed by atoms with Gasteiger partial charge in [0.15, 0.2) is 0 Å². The average molecular weight is 827 g/mol. The zero-order valence-electron chi connectivity index (χ0n) is 37.3. The van der Waals surface area contributed by atoms with E-state index < -0.39 is 0 Å². The molecule has 11 rings (SSSR count). The lowest BCUT2D eigenvalue weighted by Gasteiger charge is -2.53. The first kappa shape index (κ1) is 39.7. The maximum absolute atomic E-state index is 2.63. The standard InChI is InChI=1S/C62H54N2/c1-5-62(64(51-24-16-9-17-25-51)53-36-32-47(33-37-53)29-27-45-20-12-7-13-21-45)43-49-39-55-54-38-48-42-61(4,56(48)40-58(54)60(2,3)59(55)41-57(49)62)63(50-22-14-8-15-23-50)52-34-30-46(31-35-52)28-26-44-18-10-6-11-19-44/h6-41H,5,42-43H2,1-4H3/b28-26+,29-27+. The van der Waals surface area contributed by atoms with Crippen molar-refractivity contribution in [2.24, 2.45) is 0 Å². The van der Waals surface area contributed by atoms with Crippen LogP contribution in [0.4, 0.5) is 22.7 Å². The van der Waals surface area contributed by atoms with Crippen LogP contribution in [0.3, 0.4) is 0 Å². The Hall–Kier alpha value is -7.16. The van der Waals surface area contributed by atoms with Gasteiger partial charge in [0.25, 0.3) is 0 Å². The average Bonchev–Trinajstić information content (AvgIpc) is 3.54. The lowest BCUT2D eigenvalue weighted by molar-refractivity contribution is 0.362. The zero-order valence-corrected chi connectivity index (χ0v) is 37.3. The molecule has 64 heavy (non-hydrogen) atoms. The number of hydrogen-bond donors (Lipinski definition) is 0. The van der Waals surface area contributed by atoms with E-state index in [1.165, 1.54) is 89.5 Å². The number of para-hydroxylation sites is 2. The highest BCUT2D eigenvalue weighted by molar-refractivity contribution is 5.86. The topological polar surface area (TPSA) is 6.48 Å². The van der Waals surface area contributed by atoms with Crippen molar-refractivity contribution in [1.82, 2.24) is 0 Å². The summed E-state index contributed by atoms with van der Waals surface area (Å²) in [5.74, 6) is 0. The maximum Gasteiger partial charge on any atom is 0.0743 e. The molecule has 8 aromatic rings. The minimum atomic E-state index is -0.206. The molecule has 3 aliphatic rings. The number of rotatable bonds is 11. The van der Waals surface area contributed by atoms with Crippen LogP contribution < -0.4 is 9.80 Å². The van der Waals surface area contributed by atoms with Gasteiger partial charge in [-0.3, -0.25) is 0 Å². The maximum atomic E-state index is 2.63. The fraction of sp³-hybridized carbons (Fsp3) is 0.161. The zero-order chi connectivity index (χ0) is 43.5. The van der Waals surface area contributed by atoms with Gasteiger partial charge in [0.05, 0.1) is 11.1 Å². The van der Waals surface area contributed by atoms with Crippen LogP contribution in [0.5, 0.6) is 0 Å². The van der Waals surface area contributed by atoms with Crippen molar-refractivity contribution in [3.05, 3.63) is 250 Å². The monoisotopic (exact) mass is 826 g/mol. The van der Waals surface area contributed by atoms with Crippen LogP contribution in [0.1, 0.15) is 89.8 Å². The summed E-state index contributed by atoms with van der Waals surface area (Å²) in [6.45, 7) is 9.72. The molecule has 2 nitrogen and oxygen atoms in total. The molecule has 0 amide bonds. The van der Waals surface area contributed by atoms with E-state index in [0.717, 1.165) is 19.3 Å². The molecular formula is C62H54N2. The number of hydrogen-bond acceptors (Lipinski definition) is 2. The van der Waals surface area contributed by atoms with Gasteiger partial charge in [-0.05, 0) is 129 Å². The fourth-order valence-corrected chi connectivity index (χ4v) is 11.2. The Bertz CT molecular complexity index is 3040. The second kappa shape index (κ2) is 15.6. The Morgan fingerprint density at radius 1 is 0.391 bits per heavy atom. The van der Waals surface area contributed by atoms with Gasteiger partial charge < -0.3 is 9.80 Å². The van der Waals surface area contributed by atoms with Crippen molar-refractivity contribution in [2.45, 2.75) is 63.5 Å². The molecule has 0 aromatic heterocycles. The van der Waals surface area contributed by atoms with E-state index in [2.05, 4.69) is 256 Å². The van der Waals surface area contributed by atoms with Gasteiger partial charge in [-0.25, -0.2) is 0 Å². The van der Waals surface area contributed by atoms with Gasteiger partial charge in [-0.2, -0.15) is 0 Å². The molecular weight excluding hydrogens is 773 g/mol. The molecule has 2 atom stereocenters. The largest absolute Gasteiger partial charge is 0.331 e. The van der Waals surface area contributed by atoms with Crippen molar-refractivity contribution in [1.29, 1.82) is 0 Å². The van der Waals surface area contributed by atoms with Crippen molar-refractivity contribution < 1.29 is 0 Å². The number of fused-ring (bicyclic) bond motifs is 5. The minimum absolute atomic E-state index is 0.158. The van der Waals surface area contributed by atoms with Gasteiger partial charge in [0, 0.05) is 41.0 Å². The Labute approximate surface area is 379 Å². The smallest absolute Gasteiger partial charge is 0.0743 e. The second-order valence-corrected chi connectivity index (χ2v) is 18.8. The molecule has 0 bridgehead atoms. The van der Waals surface area contributed by atoms with Gasteiger partial charge in [-0.15, -0.1) is 0 Å². The first-order valence-electron chi connectivity index (χ1n) is 23.0. The van der Waals surface area contributed by atoms with Crippen LogP contribution in [-0.2, 0) is 29.3 Å². The molecule has 0 spiro atoms. The van der Waals surface area contributed by atoms with Gasteiger partial charge in [0.1, 0.15) is 0 Å². The third-order valence-electron chi connectivity index (χ3n) is 14.6. The van der Waals surface area contributed by atoms with E-state index in [0.29, 0.717) is 0 Å². The first-order chi connectivity index (χ1) is 31.2. The third kappa shape index (κ3) is 6.55. The van der Waals surface area contributed by atoms with Gasteiger partial charge in [0.2, 0.25) is 0 Å². The van der Waals surface area contributed by atoms with E-state index in [4.69, 9.17) is 0 Å². The summed E-state index contributed by atoms with van der Waals surface area (Å²) in [7, 11) is 0. The van der Waals surface area contributed by atoms with E-state index in [1.54, 1.807) is 0 Å². The summed E-state index contributed by atoms with van der Waals surface area (Å²) >= 11 is 0. The Morgan fingerprint density at radius 3 is 1.23 bits per heavy atom. The fourth-order valence-electron chi connectivity index (χ4n) is 11.2. The van der Waals surface area contributed by atoms with Crippen LogP contribution >= 0.6 is 0 Å². The first-order valence-corrected chi connectivity index (χ1v) is 23.0. The summed E-state index contributed by atoms with van der Waals surface area (Å²) in [6.07, 6.45) is 11.8. The second-order valence-electron chi connectivity index (χ2n) is 18.8. The molecule has 8 aromatic carbocycles. The molecule has 0 aliphatic heterocycles. The Balaban J connectivity index is 0.933. The molecule has 0 fully saturated rings. The van der Waals surface area contributed by atoms with Crippen molar-refractivity contribution >= 4 is 47.1 Å². The molecule has 0 saturated heterocycles. The van der Waals surface area contributed by atoms with Crippen LogP contribution in [-0.4, -0.2) is 0 Å². The molecule has 312 valence electrons. The normalized spacial score (nSPS) is 18.7. The van der Waals surface area contributed by atoms with Crippen molar-refractivity contribution in [2.75, 3.05) is 9.80 Å². The minimum Gasteiger partial charge on any atom is -0.331 e. The lowest BCUT2D eigenvalue weighted by atomic mass is 9.65. The quantitative estimate of drug-likeness (QED) is 0.120. The SMILES string of the molecule is CCC1(N(c2ccccc2)c2ccc(/C=C/c3ccccc3)cc2)Cc2cc3c(cc21)C(C)(C)c1cc2c(cc1-3)CC2(C)N(c1ccccc1)c1ccc(/C=C/c2ccccc2)cc1. The summed E-state index contributed by atoms with van der Waals surface area (Å²) in [5.41, 5.74) is 20.7. The summed E-state index contributed by atoms with van der Waals surface area (Å²) in [6, 6.07) is 71.6.